The van der Waals surface area contributed by atoms with Crippen molar-refractivity contribution in [2.75, 3.05) is 18.9 Å². The molecule has 0 bridgehead atoms. The average Bonchev–Trinajstić information content (AvgIpc) is 3.04. The molecule has 7 heteroatoms. The number of amides is 4. The van der Waals surface area contributed by atoms with E-state index in [1.54, 1.807) is 0 Å². The first-order valence-corrected chi connectivity index (χ1v) is 13.3. The predicted octanol–water partition coefficient (Wildman–Crippen LogP) is 4.92. The number of imide groups is 1. The number of hydrogen-bond donors (Lipinski definition) is 2. The summed E-state index contributed by atoms with van der Waals surface area (Å²) in [5.41, 5.74) is 1.13. The minimum atomic E-state index is -0.847. The van der Waals surface area contributed by atoms with E-state index >= 15 is 0 Å². The van der Waals surface area contributed by atoms with Crippen LogP contribution in [-0.2, 0) is 16.1 Å². The first-order chi connectivity index (χ1) is 16.6. The second kappa shape index (κ2) is 10.3. The summed E-state index contributed by atoms with van der Waals surface area (Å²) in [6, 6.07) is 7.92. The quantitative estimate of drug-likeness (QED) is 0.564. The number of para-hydroxylation sites is 1. The van der Waals surface area contributed by atoms with Crippen LogP contribution < -0.4 is 10.6 Å². The van der Waals surface area contributed by atoms with Crippen LogP contribution in [0.4, 0.5) is 10.5 Å². The normalized spacial score (nSPS) is 25.9. The maximum atomic E-state index is 13.3. The van der Waals surface area contributed by atoms with Gasteiger partial charge in [0, 0.05) is 18.3 Å². The predicted molar refractivity (Wildman–Crippen MR) is 138 cm³/mol. The molecule has 4 amide bonds. The third-order valence-corrected chi connectivity index (χ3v) is 8.52. The highest BCUT2D eigenvalue weighted by Crippen LogP contribution is 2.43. The minimum absolute atomic E-state index is 0.186. The third kappa shape index (κ3) is 5.71. The minimum Gasteiger partial charge on any atom is -0.324 e. The Morgan fingerprint density at radius 1 is 1.09 bits per heavy atom. The third-order valence-electron chi connectivity index (χ3n) is 8.52. The number of nitrogens with one attached hydrogen (secondary N) is 2. The molecule has 2 saturated carbocycles. The number of nitrogens with zero attached hydrogens (tertiary/aromatic N) is 2. The highest BCUT2D eigenvalue weighted by molar-refractivity contribution is 6.10. The molecule has 2 N–H and O–H groups in total. The van der Waals surface area contributed by atoms with Gasteiger partial charge in [0.2, 0.25) is 5.91 Å². The van der Waals surface area contributed by atoms with Crippen LogP contribution in [-0.4, -0.2) is 52.8 Å². The Morgan fingerprint density at radius 2 is 1.74 bits per heavy atom. The Bertz CT molecular complexity index is 940. The molecule has 1 aliphatic heterocycles. The SMILES string of the molecule is CN(Cc1ccccc1NC(=O)CN1C(=O)NC2(CCC(C(C)(C)C)CC2)C1=O)C1CCCCC1. The monoisotopic (exact) mass is 482 g/mol. The largest absolute Gasteiger partial charge is 0.325 e. The lowest BCUT2D eigenvalue weighted by atomic mass is 9.67. The maximum Gasteiger partial charge on any atom is 0.325 e. The molecule has 1 heterocycles. The molecule has 4 rings (SSSR count). The van der Waals surface area contributed by atoms with Gasteiger partial charge in [-0.3, -0.25) is 19.4 Å². The summed E-state index contributed by atoms with van der Waals surface area (Å²) in [7, 11) is 2.15. The number of anilines is 1. The molecule has 7 nitrogen and oxygen atoms in total. The summed E-state index contributed by atoms with van der Waals surface area (Å²) < 4.78 is 0. The van der Waals surface area contributed by atoms with Crippen LogP contribution in [0.5, 0.6) is 0 Å². The van der Waals surface area contributed by atoms with E-state index in [-0.39, 0.29) is 23.8 Å². The molecule has 0 aromatic heterocycles. The fraction of sp³-hybridized carbons (Fsp3) is 0.679. The summed E-state index contributed by atoms with van der Waals surface area (Å²) in [6.45, 7) is 7.18. The van der Waals surface area contributed by atoms with Gasteiger partial charge in [0.15, 0.2) is 0 Å². The van der Waals surface area contributed by atoms with Crippen LogP contribution in [0.2, 0.25) is 0 Å². The summed E-state index contributed by atoms with van der Waals surface area (Å²) >= 11 is 0. The smallest absolute Gasteiger partial charge is 0.324 e. The van der Waals surface area contributed by atoms with E-state index in [1.165, 1.54) is 32.1 Å². The van der Waals surface area contributed by atoms with Crippen LogP contribution >= 0.6 is 0 Å². The van der Waals surface area contributed by atoms with Gasteiger partial charge in [0.05, 0.1) is 0 Å². The van der Waals surface area contributed by atoms with E-state index in [4.69, 9.17) is 0 Å². The van der Waals surface area contributed by atoms with E-state index in [0.29, 0.717) is 24.8 Å². The topological polar surface area (TPSA) is 81.8 Å². The molecule has 0 atom stereocenters. The molecule has 192 valence electrons. The number of urea groups is 1. The molecular formula is C28H42N4O3. The summed E-state index contributed by atoms with van der Waals surface area (Å²) in [6.07, 6.45) is 9.37. The van der Waals surface area contributed by atoms with Gasteiger partial charge < -0.3 is 10.6 Å². The fourth-order valence-electron chi connectivity index (χ4n) is 6.17. The first-order valence-electron chi connectivity index (χ1n) is 13.3. The second-order valence-electron chi connectivity index (χ2n) is 12.0. The van der Waals surface area contributed by atoms with Crippen LogP contribution in [0.1, 0.15) is 84.1 Å². The van der Waals surface area contributed by atoms with E-state index in [2.05, 4.69) is 43.4 Å². The molecule has 2 aliphatic carbocycles. The van der Waals surface area contributed by atoms with Crippen molar-refractivity contribution in [2.45, 2.75) is 96.7 Å². The fourth-order valence-corrected chi connectivity index (χ4v) is 6.17. The molecule has 35 heavy (non-hydrogen) atoms. The van der Waals surface area contributed by atoms with E-state index in [9.17, 15) is 14.4 Å². The molecule has 1 aromatic rings. The number of carbonyl (C=O) groups is 3. The average molecular weight is 483 g/mol. The lowest BCUT2D eigenvalue weighted by Crippen LogP contribution is -2.51. The van der Waals surface area contributed by atoms with Crippen molar-refractivity contribution in [1.82, 2.24) is 15.1 Å². The van der Waals surface area contributed by atoms with E-state index < -0.39 is 11.6 Å². The Labute approximate surface area is 210 Å². The van der Waals surface area contributed by atoms with Crippen LogP contribution in [0, 0.1) is 11.3 Å². The Hall–Kier alpha value is -2.41. The first kappa shape index (κ1) is 25.7. The standard InChI is InChI=1S/C28H42N4O3/c1-27(2,3)21-14-16-28(17-15-21)25(34)32(26(35)30-28)19-24(33)29-23-13-9-8-10-20(23)18-31(4)22-11-6-5-7-12-22/h8-10,13,21-22H,5-7,11-12,14-19H2,1-4H3,(H,29,33)(H,30,35). The van der Waals surface area contributed by atoms with Crippen molar-refractivity contribution in [3.63, 3.8) is 0 Å². The van der Waals surface area contributed by atoms with Gasteiger partial charge in [0.1, 0.15) is 12.1 Å². The highest BCUT2D eigenvalue weighted by atomic mass is 16.2. The van der Waals surface area contributed by atoms with Gasteiger partial charge in [-0.1, -0.05) is 58.2 Å². The summed E-state index contributed by atoms with van der Waals surface area (Å²) in [5, 5.41) is 5.90. The van der Waals surface area contributed by atoms with Crippen LogP contribution in [0.3, 0.4) is 0 Å². The summed E-state index contributed by atoms with van der Waals surface area (Å²) in [5.74, 6) is -0.0737. The zero-order valence-electron chi connectivity index (χ0n) is 21.9. The van der Waals surface area contributed by atoms with Crippen molar-refractivity contribution < 1.29 is 14.4 Å². The molecule has 3 fully saturated rings. The van der Waals surface area contributed by atoms with Gasteiger partial charge >= 0.3 is 6.03 Å². The zero-order chi connectivity index (χ0) is 25.2. The number of carbonyl (C=O) groups excluding carboxylic acids is 3. The number of benzene rings is 1. The maximum absolute atomic E-state index is 13.3. The van der Waals surface area contributed by atoms with E-state index in [1.807, 2.05) is 24.3 Å². The van der Waals surface area contributed by atoms with Crippen molar-refractivity contribution >= 4 is 23.5 Å². The van der Waals surface area contributed by atoms with Crippen LogP contribution in [0.15, 0.2) is 24.3 Å². The van der Waals surface area contributed by atoms with Gasteiger partial charge in [-0.05, 0) is 68.5 Å². The van der Waals surface area contributed by atoms with E-state index in [0.717, 1.165) is 35.5 Å². The molecule has 3 aliphatic rings. The Morgan fingerprint density at radius 3 is 2.40 bits per heavy atom. The van der Waals surface area contributed by atoms with Gasteiger partial charge in [-0.15, -0.1) is 0 Å². The lowest BCUT2D eigenvalue weighted by Gasteiger charge is -2.40. The van der Waals surface area contributed by atoms with Crippen molar-refractivity contribution in [2.24, 2.45) is 11.3 Å². The van der Waals surface area contributed by atoms with Crippen LogP contribution in [0.25, 0.3) is 0 Å². The molecule has 0 unspecified atom stereocenters. The van der Waals surface area contributed by atoms with Gasteiger partial charge in [-0.2, -0.15) is 0 Å². The Balaban J connectivity index is 1.37. The molecule has 1 spiro atoms. The molecule has 1 saturated heterocycles. The Kier molecular flexibility index (Phi) is 7.55. The second-order valence-corrected chi connectivity index (χ2v) is 12.0. The lowest BCUT2D eigenvalue weighted by molar-refractivity contribution is -0.135. The number of hydrogen-bond acceptors (Lipinski definition) is 4. The van der Waals surface area contributed by atoms with Gasteiger partial charge in [0.25, 0.3) is 5.91 Å². The molecule has 1 aromatic carbocycles. The molecule has 0 radical (unpaired) electrons. The molecular weight excluding hydrogens is 440 g/mol. The van der Waals surface area contributed by atoms with Crippen molar-refractivity contribution in [3.8, 4) is 0 Å². The zero-order valence-corrected chi connectivity index (χ0v) is 21.9. The van der Waals surface area contributed by atoms with Crippen molar-refractivity contribution in [1.29, 1.82) is 0 Å². The number of rotatable bonds is 6. The summed E-state index contributed by atoms with van der Waals surface area (Å²) in [4.78, 5) is 42.4. The van der Waals surface area contributed by atoms with Gasteiger partial charge in [-0.25, -0.2) is 4.79 Å². The highest BCUT2D eigenvalue weighted by Gasteiger charge is 2.53. The van der Waals surface area contributed by atoms with Crippen molar-refractivity contribution in [3.05, 3.63) is 29.8 Å².